The third kappa shape index (κ3) is 3.73. The highest BCUT2D eigenvalue weighted by atomic mass is 19.1. The summed E-state index contributed by atoms with van der Waals surface area (Å²) in [6, 6.07) is 3.86. The number of halogens is 2. The number of nitrogens with zero attached hydrogens (tertiary/aromatic N) is 1. The molecule has 0 spiro atoms. The lowest BCUT2D eigenvalue weighted by atomic mass is 10.1. The van der Waals surface area contributed by atoms with Gasteiger partial charge in [-0.1, -0.05) is 13.3 Å². The average molecular weight is 294 g/mol. The number of unbranched alkanes of at least 4 members (excludes halogenated alkanes) is 1. The molecule has 2 saturated carbocycles. The van der Waals surface area contributed by atoms with Crippen LogP contribution in [0.5, 0.6) is 0 Å². The van der Waals surface area contributed by atoms with Crippen molar-refractivity contribution in [1.82, 2.24) is 5.32 Å². The van der Waals surface area contributed by atoms with Crippen molar-refractivity contribution in [2.75, 3.05) is 11.4 Å². The predicted octanol–water partition coefficient (Wildman–Crippen LogP) is 3.99. The van der Waals surface area contributed by atoms with Crippen LogP contribution in [-0.4, -0.2) is 18.6 Å². The molecule has 1 N–H and O–H groups in total. The number of rotatable bonds is 8. The lowest BCUT2D eigenvalue weighted by Gasteiger charge is -2.26. The quantitative estimate of drug-likeness (QED) is 0.780. The molecule has 0 unspecified atom stereocenters. The van der Waals surface area contributed by atoms with Crippen LogP contribution in [0.1, 0.15) is 51.0 Å². The van der Waals surface area contributed by atoms with E-state index in [1.165, 1.54) is 25.0 Å². The molecule has 0 aliphatic heterocycles. The molecule has 0 bridgehead atoms. The molecule has 3 rings (SSSR count). The van der Waals surface area contributed by atoms with E-state index in [1.807, 2.05) is 4.90 Å². The predicted molar refractivity (Wildman–Crippen MR) is 81.5 cm³/mol. The van der Waals surface area contributed by atoms with Gasteiger partial charge in [-0.3, -0.25) is 0 Å². The van der Waals surface area contributed by atoms with Gasteiger partial charge in [0.1, 0.15) is 17.3 Å². The number of hydrogen-bond donors (Lipinski definition) is 1. The number of hydrogen-bond acceptors (Lipinski definition) is 2. The molecule has 116 valence electrons. The second-order valence-corrected chi connectivity index (χ2v) is 6.34. The second-order valence-electron chi connectivity index (χ2n) is 6.34. The zero-order valence-corrected chi connectivity index (χ0v) is 12.7. The van der Waals surface area contributed by atoms with Gasteiger partial charge >= 0.3 is 0 Å². The first-order valence-electron chi connectivity index (χ1n) is 8.17. The van der Waals surface area contributed by atoms with Crippen LogP contribution in [0.15, 0.2) is 12.1 Å². The van der Waals surface area contributed by atoms with Gasteiger partial charge in [-0.25, -0.2) is 8.78 Å². The van der Waals surface area contributed by atoms with Crippen molar-refractivity contribution in [3.05, 3.63) is 29.3 Å². The first kappa shape index (κ1) is 14.8. The molecule has 2 fully saturated rings. The van der Waals surface area contributed by atoms with Crippen LogP contribution < -0.4 is 10.2 Å². The highest BCUT2D eigenvalue weighted by Gasteiger charge is 2.32. The molecule has 0 radical (unpaired) electrons. The molecule has 0 heterocycles. The van der Waals surface area contributed by atoms with Crippen LogP contribution in [0.3, 0.4) is 0 Å². The van der Waals surface area contributed by atoms with Crippen LogP contribution in [0.25, 0.3) is 0 Å². The minimum atomic E-state index is -0.411. The molecule has 2 aliphatic rings. The lowest BCUT2D eigenvalue weighted by molar-refractivity contribution is 0.558. The van der Waals surface area contributed by atoms with Gasteiger partial charge in [0.25, 0.3) is 0 Å². The van der Waals surface area contributed by atoms with Crippen molar-refractivity contribution in [1.29, 1.82) is 0 Å². The Kier molecular flexibility index (Phi) is 4.43. The first-order chi connectivity index (χ1) is 10.2. The number of benzene rings is 1. The normalized spacial score (nSPS) is 18.0. The summed E-state index contributed by atoms with van der Waals surface area (Å²) >= 11 is 0. The summed E-state index contributed by atoms with van der Waals surface area (Å²) in [7, 11) is 0. The van der Waals surface area contributed by atoms with E-state index in [9.17, 15) is 8.78 Å². The highest BCUT2D eigenvalue weighted by molar-refractivity contribution is 5.52. The molecule has 1 aromatic rings. The highest BCUT2D eigenvalue weighted by Crippen LogP contribution is 2.35. The molecule has 2 nitrogen and oxygen atoms in total. The Morgan fingerprint density at radius 1 is 1.14 bits per heavy atom. The fourth-order valence-corrected chi connectivity index (χ4v) is 2.74. The molecule has 0 atom stereocenters. The van der Waals surface area contributed by atoms with Gasteiger partial charge in [0.15, 0.2) is 0 Å². The van der Waals surface area contributed by atoms with Gasteiger partial charge in [-0.2, -0.15) is 0 Å². The van der Waals surface area contributed by atoms with Gasteiger partial charge in [0.2, 0.25) is 0 Å². The summed E-state index contributed by atoms with van der Waals surface area (Å²) in [6.45, 7) is 3.40. The number of nitrogens with one attached hydrogen (secondary N) is 1. The molecule has 0 aromatic heterocycles. The van der Waals surface area contributed by atoms with Gasteiger partial charge in [0, 0.05) is 25.2 Å². The van der Waals surface area contributed by atoms with Crippen LogP contribution in [0, 0.1) is 11.6 Å². The zero-order valence-electron chi connectivity index (χ0n) is 12.7. The van der Waals surface area contributed by atoms with Crippen LogP contribution in [0.2, 0.25) is 0 Å². The SMILES string of the molecule is CCCCN(c1c(F)cc(CNC2CC2)cc1F)C1CC1. The Morgan fingerprint density at radius 3 is 2.33 bits per heavy atom. The largest absolute Gasteiger partial charge is 0.364 e. The maximum atomic E-state index is 14.4. The van der Waals surface area contributed by atoms with Crippen molar-refractivity contribution in [2.24, 2.45) is 0 Å². The average Bonchev–Trinajstić information content (AvgIpc) is 3.33. The van der Waals surface area contributed by atoms with E-state index >= 15 is 0 Å². The Labute approximate surface area is 125 Å². The summed E-state index contributed by atoms with van der Waals surface area (Å²) in [4.78, 5) is 1.94. The molecule has 21 heavy (non-hydrogen) atoms. The van der Waals surface area contributed by atoms with Crippen molar-refractivity contribution in [3.63, 3.8) is 0 Å². The Bertz CT molecular complexity index is 473. The van der Waals surface area contributed by atoms with Gasteiger partial charge in [-0.05, 0) is 49.8 Å². The third-order valence-electron chi connectivity index (χ3n) is 4.28. The van der Waals surface area contributed by atoms with Crippen molar-refractivity contribution < 1.29 is 8.78 Å². The van der Waals surface area contributed by atoms with Crippen molar-refractivity contribution in [3.8, 4) is 0 Å². The van der Waals surface area contributed by atoms with E-state index in [0.29, 0.717) is 24.2 Å². The molecular formula is C17H24F2N2. The second kappa shape index (κ2) is 6.30. The van der Waals surface area contributed by atoms with Gasteiger partial charge in [-0.15, -0.1) is 0 Å². The fourth-order valence-electron chi connectivity index (χ4n) is 2.74. The first-order valence-corrected chi connectivity index (χ1v) is 8.17. The fraction of sp³-hybridized carbons (Fsp3) is 0.647. The third-order valence-corrected chi connectivity index (χ3v) is 4.28. The van der Waals surface area contributed by atoms with E-state index in [2.05, 4.69) is 12.2 Å². The molecule has 0 saturated heterocycles. The standard InChI is InChI=1S/C17H24F2N2/c1-2-3-8-21(14-6-7-14)17-15(18)9-12(10-16(17)19)11-20-13-4-5-13/h9-10,13-14,20H,2-8,11H2,1H3. The maximum Gasteiger partial charge on any atom is 0.149 e. The van der Waals surface area contributed by atoms with E-state index in [1.54, 1.807) is 0 Å². The monoisotopic (exact) mass is 294 g/mol. The Balaban J connectivity index is 1.76. The van der Waals surface area contributed by atoms with Crippen LogP contribution in [0.4, 0.5) is 14.5 Å². The number of anilines is 1. The summed E-state index contributed by atoms with van der Waals surface area (Å²) in [5, 5.41) is 3.30. The van der Waals surface area contributed by atoms with Crippen LogP contribution in [-0.2, 0) is 6.54 Å². The minimum absolute atomic E-state index is 0.182. The lowest BCUT2D eigenvalue weighted by Crippen LogP contribution is -2.29. The van der Waals surface area contributed by atoms with Gasteiger partial charge < -0.3 is 10.2 Å². The molecular weight excluding hydrogens is 270 g/mol. The van der Waals surface area contributed by atoms with E-state index in [4.69, 9.17) is 0 Å². The molecule has 1 aromatic carbocycles. The zero-order chi connectivity index (χ0) is 14.8. The molecule has 4 heteroatoms. The maximum absolute atomic E-state index is 14.4. The summed E-state index contributed by atoms with van der Waals surface area (Å²) < 4.78 is 28.8. The van der Waals surface area contributed by atoms with E-state index in [-0.39, 0.29) is 5.69 Å². The minimum Gasteiger partial charge on any atom is -0.364 e. The molecule has 0 amide bonds. The Morgan fingerprint density at radius 2 is 1.81 bits per heavy atom. The van der Waals surface area contributed by atoms with Crippen LogP contribution >= 0.6 is 0 Å². The molecule has 2 aliphatic carbocycles. The summed E-state index contributed by atoms with van der Waals surface area (Å²) in [5.74, 6) is -0.823. The summed E-state index contributed by atoms with van der Waals surface area (Å²) in [6.07, 6.45) is 6.46. The van der Waals surface area contributed by atoms with Gasteiger partial charge in [0.05, 0.1) is 0 Å². The van der Waals surface area contributed by atoms with E-state index < -0.39 is 11.6 Å². The Hall–Kier alpha value is -1.16. The van der Waals surface area contributed by atoms with E-state index in [0.717, 1.165) is 32.2 Å². The van der Waals surface area contributed by atoms with Crippen molar-refractivity contribution >= 4 is 5.69 Å². The topological polar surface area (TPSA) is 15.3 Å². The summed E-state index contributed by atoms with van der Waals surface area (Å²) in [5.41, 5.74) is 0.882. The van der Waals surface area contributed by atoms with Crippen molar-refractivity contribution in [2.45, 2.75) is 64.1 Å². The smallest absolute Gasteiger partial charge is 0.149 e.